The molecule has 1 fully saturated rings. The molecule has 170 valence electrons. The standard InChI is InChI=1S/C26H25N7O/c1-3-18(24-28-19-8-4-5-9-20(19)29-24)31-26(34)17-14-21(16-11-12-16)30-25-23(17)15(2)32-33(25)22-10-6-7-13-27-22/h4-10,13-14,16,18H,3,11-12H2,1-2H3,(H,28,29)(H,31,34)/t18-/m0/s1. The second kappa shape index (κ2) is 8.06. The summed E-state index contributed by atoms with van der Waals surface area (Å²) in [6.07, 6.45) is 4.62. The van der Waals surface area contributed by atoms with Gasteiger partial charge >= 0.3 is 0 Å². The lowest BCUT2D eigenvalue weighted by molar-refractivity contribution is 0.0935. The molecule has 1 aliphatic carbocycles. The van der Waals surface area contributed by atoms with Crippen molar-refractivity contribution in [3.63, 3.8) is 0 Å². The number of hydrogen-bond donors (Lipinski definition) is 2. The highest BCUT2D eigenvalue weighted by Crippen LogP contribution is 2.40. The zero-order chi connectivity index (χ0) is 23.2. The fourth-order valence-corrected chi connectivity index (χ4v) is 4.45. The molecule has 4 aromatic heterocycles. The number of imidazole rings is 1. The van der Waals surface area contributed by atoms with E-state index in [2.05, 4.69) is 15.3 Å². The summed E-state index contributed by atoms with van der Waals surface area (Å²) in [6.45, 7) is 3.95. The van der Waals surface area contributed by atoms with Gasteiger partial charge in [0.2, 0.25) is 0 Å². The Balaban J connectivity index is 1.43. The van der Waals surface area contributed by atoms with Gasteiger partial charge in [0.25, 0.3) is 5.91 Å². The zero-order valence-corrected chi connectivity index (χ0v) is 19.1. The van der Waals surface area contributed by atoms with Crippen molar-refractivity contribution < 1.29 is 4.79 Å². The summed E-state index contributed by atoms with van der Waals surface area (Å²) in [5.74, 6) is 1.68. The number of carbonyl (C=O) groups is 1. The molecular formula is C26H25N7O. The first-order valence-electron chi connectivity index (χ1n) is 11.7. The molecule has 5 aromatic rings. The number of nitrogens with zero attached hydrogens (tertiary/aromatic N) is 5. The summed E-state index contributed by atoms with van der Waals surface area (Å²) >= 11 is 0. The molecule has 6 rings (SSSR count). The highest BCUT2D eigenvalue weighted by molar-refractivity contribution is 6.07. The number of hydrogen-bond acceptors (Lipinski definition) is 5. The van der Waals surface area contributed by atoms with Crippen LogP contribution in [0.15, 0.2) is 54.7 Å². The second-order valence-corrected chi connectivity index (χ2v) is 8.83. The zero-order valence-electron chi connectivity index (χ0n) is 19.1. The van der Waals surface area contributed by atoms with Crippen LogP contribution in [-0.4, -0.2) is 35.6 Å². The van der Waals surface area contributed by atoms with Gasteiger partial charge in [0.1, 0.15) is 5.82 Å². The number of nitrogens with one attached hydrogen (secondary N) is 2. The van der Waals surface area contributed by atoms with Gasteiger partial charge in [0.05, 0.1) is 33.7 Å². The summed E-state index contributed by atoms with van der Waals surface area (Å²) in [4.78, 5) is 31.1. The maximum Gasteiger partial charge on any atom is 0.252 e. The van der Waals surface area contributed by atoms with Crippen molar-refractivity contribution in [1.82, 2.24) is 35.0 Å². The Bertz CT molecular complexity index is 1480. The average molecular weight is 452 g/mol. The van der Waals surface area contributed by atoms with Gasteiger partial charge in [-0.15, -0.1) is 0 Å². The quantitative estimate of drug-likeness (QED) is 0.388. The molecule has 1 aromatic carbocycles. The number of aryl methyl sites for hydroxylation is 1. The molecule has 0 spiro atoms. The molecule has 0 unspecified atom stereocenters. The van der Waals surface area contributed by atoms with E-state index in [-0.39, 0.29) is 11.9 Å². The fourth-order valence-electron chi connectivity index (χ4n) is 4.45. The molecule has 34 heavy (non-hydrogen) atoms. The number of para-hydroxylation sites is 2. The van der Waals surface area contributed by atoms with E-state index in [0.717, 1.165) is 46.5 Å². The smallest absolute Gasteiger partial charge is 0.252 e. The summed E-state index contributed by atoms with van der Waals surface area (Å²) in [5.41, 5.74) is 4.80. The number of H-pyrrole nitrogens is 1. The topological polar surface area (TPSA) is 101 Å². The maximum atomic E-state index is 13.7. The van der Waals surface area contributed by atoms with Crippen LogP contribution < -0.4 is 5.32 Å². The summed E-state index contributed by atoms with van der Waals surface area (Å²) in [5, 5.41) is 8.66. The molecule has 4 heterocycles. The fraction of sp³-hybridized carbons (Fsp3) is 0.269. The Morgan fingerprint density at radius 3 is 2.74 bits per heavy atom. The van der Waals surface area contributed by atoms with Gasteiger partial charge in [0, 0.05) is 17.8 Å². The minimum Gasteiger partial charge on any atom is -0.342 e. The van der Waals surface area contributed by atoms with Gasteiger partial charge in [-0.05, 0) is 56.5 Å². The third kappa shape index (κ3) is 3.51. The third-order valence-electron chi connectivity index (χ3n) is 6.39. The van der Waals surface area contributed by atoms with E-state index < -0.39 is 0 Å². The Kier molecular flexibility index (Phi) is 4.86. The number of aromatic amines is 1. The van der Waals surface area contributed by atoms with Crippen molar-refractivity contribution in [2.45, 2.75) is 45.1 Å². The molecule has 0 aliphatic heterocycles. The molecule has 8 heteroatoms. The Labute approximate surface area is 196 Å². The van der Waals surface area contributed by atoms with Crippen molar-refractivity contribution in [2.75, 3.05) is 0 Å². The van der Waals surface area contributed by atoms with Gasteiger partial charge in [-0.1, -0.05) is 25.1 Å². The monoisotopic (exact) mass is 451 g/mol. The summed E-state index contributed by atoms with van der Waals surface area (Å²) in [6, 6.07) is 15.3. The SMILES string of the molecule is CC[C@H](NC(=O)c1cc(C2CC2)nc2c1c(C)nn2-c1ccccn1)c1nc2ccccc2[nH]1. The van der Waals surface area contributed by atoms with Crippen molar-refractivity contribution in [3.05, 3.63) is 77.5 Å². The van der Waals surface area contributed by atoms with Crippen LogP contribution in [0.25, 0.3) is 27.9 Å². The molecule has 0 bridgehead atoms. The molecular weight excluding hydrogens is 426 g/mol. The van der Waals surface area contributed by atoms with Crippen LogP contribution in [0.2, 0.25) is 0 Å². The number of benzene rings is 1. The Morgan fingerprint density at radius 1 is 1.18 bits per heavy atom. The highest BCUT2D eigenvalue weighted by Gasteiger charge is 2.30. The van der Waals surface area contributed by atoms with Crippen LogP contribution >= 0.6 is 0 Å². The average Bonchev–Trinajstić information content (AvgIpc) is 3.55. The molecule has 1 atom stereocenters. The van der Waals surface area contributed by atoms with Crippen molar-refractivity contribution in [1.29, 1.82) is 0 Å². The van der Waals surface area contributed by atoms with Gasteiger partial charge in [0.15, 0.2) is 11.5 Å². The number of carbonyl (C=O) groups excluding carboxylic acids is 1. The number of aromatic nitrogens is 6. The molecule has 8 nitrogen and oxygen atoms in total. The van der Waals surface area contributed by atoms with E-state index in [1.54, 1.807) is 10.9 Å². The first kappa shape index (κ1) is 20.5. The first-order chi connectivity index (χ1) is 16.6. The number of amides is 1. The molecule has 1 saturated carbocycles. The summed E-state index contributed by atoms with van der Waals surface area (Å²) in [7, 11) is 0. The van der Waals surface area contributed by atoms with Crippen molar-refractivity contribution in [2.24, 2.45) is 0 Å². The lowest BCUT2D eigenvalue weighted by Gasteiger charge is -2.16. The normalized spacial score (nSPS) is 14.5. The van der Waals surface area contributed by atoms with Crippen LogP contribution in [0.3, 0.4) is 0 Å². The van der Waals surface area contributed by atoms with Gasteiger partial charge < -0.3 is 10.3 Å². The van der Waals surface area contributed by atoms with Crippen molar-refractivity contribution in [3.8, 4) is 5.82 Å². The van der Waals surface area contributed by atoms with E-state index in [1.165, 1.54) is 0 Å². The largest absolute Gasteiger partial charge is 0.342 e. The van der Waals surface area contributed by atoms with E-state index in [0.29, 0.717) is 29.4 Å². The van der Waals surface area contributed by atoms with Gasteiger partial charge in [-0.3, -0.25) is 4.79 Å². The third-order valence-corrected chi connectivity index (χ3v) is 6.39. The predicted molar refractivity (Wildman–Crippen MR) is 130 cm³/mol. The minimum atomic E-state index is -0.237. The number of rotatable bonds is 6. The molecule has 2 N–H and O–H groups in total. The van der Waals surface area contributed by atoms with Crippen LogP contribution in [0.5, 0.6) is 0 Å². The van der Waals surface area contributed by atoms with Crippen LogP contribution in [0, 0.1) is 6.92 Å². The molecule has 0 radical (unpaired) electrons. The number of fused-ring (bicyclic) bond motifs is 2. The van der Waals surface area contributed by atoms with Gasteiger partial charge in [-0.25, -0.2) is 15.0 Å². The highest BCUT2D eigenvalue weighted by atomic mass is 16.1. The van der Waals surface area contributed by atoms with E-state index in [9.17, 15) is 4.79 Å². The second-order valence-electron chi connectivity index (χ2n) is 8.83. The lowest BCUT2D eigenvalue weighted by atomic mass is 10.1. The lowest BCUT2D eigenvalue weighted by Crippen LogP contribution is -2.29. The van der Waals surface area contributed by atoms with E-state index in [4.69, 9.17) is 15.1 Å². The maximum absolute atomic E-state index is 13.7. The van der Waals surface area contributed by atoms with E-state index in [1.807, 2.05) is 62.4 Å². The molecule has 1 amide bonds. The number of pyridine rings is 2. The van der Waals surface area contributed by atoms with Crippen molar-refractivity contribution >= 4 is 28.0 Å². The van der Waals surface area contributed by atoms with Crippen LogP contribution in [0.1, 0.15) is 65.7 Å². The Morgan fingerprint density at radius 2 is 2.00 bits per heavy atom. The van der Waals surface area contributed by atoms with Gasteiger partial charge in [-0.2, -0.15) is 9.78 Å². The van der Waals surface area contributed by atoms with E-state index >= 15 is 0 Å². The predicted octanol–water partition coefficient (Wildman–Crippen LogP) is 4.76. The first-order valence-corrected chi connectivity index (χ1v) is 11.7. The molecule has 1 aliphatic rings. The Hall–Kier alpha value is -4.07. The summed E-state index contributed by atoms with van der Waals surface area (Å²) < 4.78 is 1.74. The van der Waals surface area contributed by atoms with Crippen LogP contribution in [0.4, 0.5) is 0 Å². The van der Waals surface area contributed by atoms with Crippen LogP contribution in [-0.2, 0) is 0 Å². The molecule has 0 saturated heterocycles. The minimum absolute atomic E-state index is 0.148.